The summed E-state index contributed by atoms with van der Waals surface area (Å²) in [6.45, 7) is 7.05. The predicted molar refractivity (Wildman–Crippen MR) is 102 cm³/mol. The van der Waals surface area contributed by atoms with E-state index in [-0.39, 0.29) is 17.2 Å². The number of rotatable bonds is 4. The molecule has 0 aliphatic carbocycles. The maximum atomic E-state index is 12.8. The van der Waals surface area contributed by atoms with Crippen LogP contribution in [-0.2, 0) is 4.79 Å². The summed E-state index contributed by atoms with van der Waals surface area (Å²) >= 11 is 0. The molecule has 0 saturated carbocycles. The lowest BCUT2D eigenvalue weighted by Crippen LogP contribution is -2.44. The van der Waals surface area contributed by atoms with Gasteiger partial charge in [-0.15, -0.1) is 0 Å². The van der Waals surface area contributed by atoms with E-state index in [1.807, 2.05) is 9.80 Å². The molecule has 26 heavy (non-hydrogen) atoms. The average Bonchev–Trinajstić information content (AvgIpc) is 2.95. The number of piperidine rings is 1. The van der Waals surface area contributed by atoms with Crippen molar-refractivity contribution in [1.82, 2.24) is 14.8 Å². The lowest BCUT2D eigenvalue weighted by atomic mass is 9.77. The minimum Gasteiger partial charge on any atom is -0.373 e. The van der Waals surface area contributed by atoms with Gasteiger partial charge < -0.3 is 15.1 Å². The minimum absolute atomic E-state index is 0.0394. The van der Waals surface area contributed by atoms with Crippen LogP contribution in [0.1, 0.15) is 43.5 Å². The fourth-order valence-electron chi connectivity index (χ4n) is 3.84. The van der Waals surface area contributed by atoms with Crippen molar-refractivity contribution in [1.29, 1.82) is 0 Å². The van der Waals surface area contributed by atoms with Crippen LogP contribution in [0.5, 0.6) is 0 Å². The van der Waals surface area contributed by atoms with Crippen molar-refractivity contribution < 1.29 is 9.59 Å². The summed E-state index contributed by atoms with van der Waals surface area (Å²) in [5.41, 5.74) is 1.93. The predicted octanol–water partition coefficient (Wildman–Crippen LogP) is 2.54. The van der Waals surface area contributed by atoms with Crippen molar-refractivity contribution in [2.24, 2.45) is 5.41 Å². The number of nitrogens with one attached hydrogen (secondary N) is 1. The highest BCUT2D eigenvalue weighted by Crippen LogP contribution is 2.41. The smallest absolute Gasteiger partial charge is 0.254 e. The number of pyridine rings is 1. The third-order valence-electron chi connectivity index (χ3n) is 5.50. The number of amides is 2. The minimum atomic E-state index is 0.0394. The van der Waals surface area contributed by atoms with Crippen LogP contribution in [0.4, 0.5) is 5.82 Å². The average molecular weight is 356 g/mol. The number of hydrogen-bond donors (Lipinski definition) is 1. The van der Waals surface area contributed by atoms with E-state index in [4.69, 9.17) is 0 Å². The van der Waals surface area contributed by atoms with E-state index in [9.17, 15) is 9.59 Å². The summed E-state index contributed by atoms with van der Waals surface area (Å²) in [5.74, 6) is 0.986. The molecule has 6 nitrogen and oxygen atoms in total. The van der Waals surface area contributed by atoms with Crippen LogP contribution in [0.25, 0.3) is 0 Å². The molecular weight excluding hydrogens is 328 g/mol. The van der Waals surface area contributed by atoms with Crippen LogP contribution in [-0.4, -0.2) is 59.8 Å². The van der Waals surface area contributed by atoms with Crippen LogP contribution in [0.3, 0.4) is 0 Å². The number of nitrogens with zero attached hydrogens (tertiary/aromatic N) is 3. The Labute approximate surface area is 155 Å². The van der Waals surface area contributed by atoms with Crippen molar-refractivity contribution in [2.75, 3.05) is 38.5 Å². The summed E-state index contributed by atoms with van der Waals surface area (Å²) in [7, 11) is 1.79. The van der Waals surface area contributed by atoms with Gasteiger partial charge in [0.25, 0.3) is 5.91 Å². The molecule has 0 unspecified atom stereocenters. The van der Waals surface area contributed by atoms with E-state index in [0.717, 1.165) is 19.4 Å². The van der Waals surface area contributed by atoms with Crippen molar-refractivity contribution in [2.45, 2.75) is 33.1 Å². The molecule has 1 N–H and O–H groups in total. The molecule has 2 fully saturated rings. The van der Waals surface area contributed by atoms with Gasteiger partial charge in [0, 0.05) is 56.8 Å². The molecule has 6 heteroatoms. The number of carbonyl (C=O) groups excluding carboxylic acids is 2. The number of allylic oxidation sites excluding steroid dienone is 1. The zero-order chi connectivity index (χ0) is 18.7. The Morgan fingerprint density at radius 2 is 2.08 bits per heavy atom. The Hall–Kier alpha value is -2.37. The molecule has 2 aliphatic rings. The van der Waals surface area contributed by atoms with Crippen molar-refractivity contribution in [3.05, 3.63) is 35.5 Å². The molecule has 2 aliphatic heterocycles. The van der Waals surface area contributed by atoms with E-state index in [1.165, 1.54) is 5.57 Å². The van der Waals surface area contributed by atoms with Gasteiger partial charge in [-0.1, -0.05) is 11.6 Å². The standard InChI is InChI=1S/C20H28N4O2/c1-15(2)5-9-24-14-20(13-18(24)25)6-10-23(11-7-20)19(26)16-4-8-22-17(12-16)21-3/h4-5,8,12H,6-7,9-11,13-14H2,1-3H3,(H,21,22). The van der Waals surface area contributed by atoms with Gasteiger partial charge in [-0.25, -0.2) is 4.98 Å². The van der Waals surface area contributed by atoms with Gasteiger partial charge >= 0.3 is 0 Å². The van der Waals surface area contributed by atoms with Crippen molar-refractivity contribution in [3.8, 4) is 0 Å². The van der Waals surface area contributed by atoms with E-state index >= 15 is 0 Å². The molecule has 0 radical (unpaired) electrons. The molecule has 1 spiro atoms. The highest BCUT2D eigenvalue weighted by Gasteiger charge is 2.45. The number of aromatic nitrogens is 1. The lowest BCUT2D eigenvalue weighted by Gasteiger charge is -2.38. The first kappa shape index (κ1) is 18.4. The second kappa shape index (κ2) is 7.48. The van der Waals surface area contributed by atoms with Crippen LogP contribution in [0, 0.1) is 5.41 Å². The largest absolute Gasteiger partial charge is 0.373 e. The third kappa shape index (κ3) is 3.89. The molecule has 1 aromatic rings. The van der Waals surface area contributed by atoms with Gasteiger partial charge in [0.1, 0.15) is 5.82 Å². The first-order chi connectivity index (χ1) is 12.4. The molecule has 0 aromatic carbocycles. The maximum absolute atomic E-state index is 12.8. The Morgan fingerprint density at radius 3 is 2.73 bits per heavy atom. The van der Waals surface area contributed by atoms with Crippen LogP contribution in [0.2, 0.25) is 0 Å². The first-order valence-corrected chi connectivity index (χ1v) is 9.27. The summed E-state index contributed by atoms with van der Waals surface area (Å²) in [6, 6.07) is 3.54. The second-order valence-corrected chi connectivity index (χ2v) is 7.70. The van der Waals surface area contributed by atoms with Crippen molar-refractivity contribution >= 4 is 17.6 Å². The fraction of sp³-hybridized carbons (Fsp3) is 0.550. The molecule has 2 amide bonds. The van der Waals surface area contributed by atoms with Crippen molar-refractivity contribution in [3.63, 3.8) is 0 Å². The zero-order valence-electron chi connectivity index (χ0n) is 15.9. The van der Waals surface area contributed by atoms with E-state index in [2.05, 4.69) is 30.2 Å². The molecule has 3 rings (SSSR count). The van der Waals surface area contributed by atoms with Crippen LogP contribution < -0.4 is 5.32 Å². The highest BCUT2D eigenvalue weighted by atomic mass is 16.2. The summed E-state index contributed by atoms with van der Waals surface area (Å²) in [6.07, 6.45) is 6.16. The number of carbonyl (C=O) groups is 2. The van der Waals surface area contributed by atoms with Gasteiger partial charge in [0.15, 0.2) is 0 Å². The third-order valence-corrected chi connectivity index (χ3v) is 5.50. The quantitative estimate of drug-likeness (QED) is 0.842. The van der Waals surface area contributed by atoms with E-state index in [0.29, 0.717) is 37.4 Å². The van der Waals surface area contributed by atoms with Crippen LogP contribution in [0.15, 0.2) is 30.0 Å². The fourth-order valence-corrected chi connectivity index (χ4v) is 3.84. The molecule has 0 atom stereocenters. The Bertz CT molecular complexity index is 716. The summed E-state index contributed by atoms with van der Waals surface area (Å²) in [5, 5.41) is 2.96. The van der Waals surface area contributed by atoms with Gasteiger partial charge in [0.2, 0.25) is 5.91 Å². The molecular formula is C20H28N4O2. The van der Waals surface area contributed by atoms with Gasteiger partial charge in [-0.3, -0.25) is 9.59 Å². The molecule has 1 aromatic heterocycles. The molecule has 2 saturated heterocycles. The van der Waals surface area contributed by atoms with E-state index in [1.54, 1.807) is 25.4 Å². The Morgan fingerprint density at radius 1 is 1.35 bits per heavy atom. The number of hydrogen-bond acceptors (Lipinski definition) is 4. The maximum Gasteiger partial charge on any atom is 0.254 e. The van der Waals surface area contributed by atoms with Crippen LogP contribution >= 0.6 is 0 Å². The zero-order valence-corrected chi connectivity index (χ0v) is 15.9. The highest BCUT2D eigenvalue weighted by molar-refractivity contribution is 5.95. The normalized spacial score (nSPS) is 19.0. The monoisotopic (exact) mass is 356 g/mol. The lowest BCUT2D eigenvalue weighted by molar-refractivity contribution is -0.127. The topological polar surface area (TPSA) is 65.5 Å². The van der Waals surface area contributed by atoms with Gasteiger partial charge in [-0.2, -0.15) is 0 Å². The number of anilines is 1. The van der Waals surface area contributed by atoms with E-state index < -0.39 is 0 Å². The summed E-state index contributed by atoms with van der Waals surface area (Å²) in [4.78, 5) is 33.2. The first-order valence-electron chi connectivity index (χ1n) is 9.27. The Kier molecular flexibility index (Phi) is 5.30. The molecule has 0 bridgehead atoms. The summed E-state index contributed by atoms with van der Waals surface area (Å²) < 4.78 is 0. The van der Waals surface area contributed by atoms with Gasteiger partial charge in [-0.05, 0) is 38.8 Å². The van der Waals surface area contributed by atoms with Gasteiger partial charge in [0.05, 0.1) is 0 Å². The molecule has 140 valence electrons. The number of likely N-dealkylation sites (tertiary alicyclic amines) is 2. The Balaban J connectivity index is 1.61. The SMILES string of the molecule is CNc1cc(C(=O)N2CCC3(CC2)CC(=O)N(CC=C(C)C)C3)ccn1. The molecule has 3 heterocycles. The second-order valence-electron chi connectivity index (χ2n) is 7.70.